The fraction of sp³-hybridized carbons (Fsp3) is 0.923. The predicted molar refractivity (Wildman–Crippen MR) is 67.1 cm³/mol. The lowest BCUT2D eigenvalue weighted by molar-refractivity contribution is -0.202. The second-order valence-electron chi connectivity index (χ2n) is 4.51. The lowest BCUT2D eigenvalue weighted by Crippen LogP contribution is -2.34. The fourth-order valence-electron chi connectivity index (χ4n) is 1.70. The molecule has 0 aliphatic rings. The van der Waals surface area contributed by atoms with Gasteiger partial charge >= 0.3 is 6.16 Å². The Morgan fingerprint density at radius 1 is 1.12 bits per heavy atom. The van der Waals surface area contributed by atoms with Gasteiger partial charge in [0.1, 0.15) is 0 Å². The molecule has 0 aromatic carbocycles. The zero-order valence-corrected chi connectivity index (χ0v) is 11.3. The van der Waals surface area contributed by atoms with Crippen LogP contribution in [0.4, 0.5) is 4.79 Å². The van der Waals surface area contributed by atoms with Gasteiger partial charge < -0.3 is 14.6 Å². The number of unbranched alkanes of at least 4 members (excludes halogenated alkanes) is 4. The van der Waals surface area contributed by atoms with Crippen LogP contribution in [0.2, 0.25) is 0 Å². The molecule has 17 heavy (non-hydrogen) atoms. The number of hydrogen-bond acceptors (Lipinski definition) is 3. The molecule has 0 radical (unpaired) electrons. The number of rotatable bonds is 10. The van der Waals surface area contributed by atoms with Crippen LogP contribution in [0.15, 0.2) is 0 Å². The van der Waals surface area contributed by atoms with E-state index in [0.29, 0.717) is 13.0 Å². The first kappa shape index (κ1) is 16.2. The molecule has 0 bridgehead atoms. The first-order valence-electron chi connectivity index (χ1n) is 6.60. The molecular weight excluding hydrogens is 220 g/mol. The van der Waals surface area contributed by atoms with Gasteiger partial charge in [-0.3, -0.25) is 0 Å². The summed E-state index contributed by atoms with van der Waals surface area (Å²) < 4.78 is 10.3. The molecule has 0 saturated carbocycles. The topological polar surface area (TPSA) is 55.8 Å². The van der Waals surface area contributed by atoms with Gasteiger partial charge in [0.15, 0.2) is 0 Å². The molecule has 0 aliphatic heterocycles. The Morgan fingerprint density at radius 3 is 2.29 bits per heavy atom. The molecule has 4 heteroatoms. The standard InChI is InChI=1S/C13H26O4/c1-4-6-7-8-9-10-13(3,16-11-5-2)17-12(14)15/h4-11H2,1-3H3,(H,14,15). The van der Waals surface area contributed by atoms with Gasteiger partial charge in [0.25, 0.3) is 0 Å². The number of ether oxygens (including phenoxy) is 2. The molecule has 0 spiro atoms. The number of carbonyl (C=O) groups is 1. The molecule has 1 N–H and O–H groups in total. The molecule has 0 heterocycles. The van der Waals surface area contributed by atoms with Crippen molar-refractivity contribution >= 4 is 6.16 Å². The minimum Gasteiger partial charge on any atom is -0.450 e. The van der Waals surface area contributed by atoms with Crippen molar-refractivity contribution in [1.29, 1.82) is 0 Å². The van der Waals surface area contributed by atoms with Crippen molar-refractivity contribution in [3.05, 3.63) is 0 Å². The van der Waals surface area contributed by atoms with E-state index in [4.69, 9.17) is 14.6 Å². The molecule has 0 fully saturated rings. The maximum atomic E-state index is 10.6. The van der Waals surface area contributed by atoms with Gasteiger partial charge in [0, 0.05) is 13.3 Å². The Hall–Kier alpha value is -0.770. The van der Waals surface area contributed by atoms with E-state index in [9.17, 15) is 4.79 Å². The molecule has 0 aromatic rings. The summed E-state index contributed by atoms with van der Waals surface area (Å²) in [5.41, 5.74) is 0. The van der Waals surface area contributed by atoms with Crippen LogP contribution in [0.5, 0.6) is 0 Å². The highest BCUT2D eigenvalue weighted by Gasteiger charge is 2.28. The molecule has 0 amide bonds. The van der Waals surface area contributed by atoms with Crippen molar-refractivity contribution < 1.29 is 19.4 Å². The molecule has 102 valence electrons. The van der Waals surface area contributed by atoms with Gasteiger partial charge in [0.2, 0.25) is 5.79 Å². The van der Waals surface area contributed by atoms with Gasteiger partial charge in [-0.15, -0.1) is 0 Å². The van der Waals surface area contributed by atoms with E-state index in [2.05, 4.69) is 6.92 Å². The molecule has 0 aliphatic carbocycles. The van der Waals surface area contributed by atoms with E-state index in [0.717, 1.165) is 19.3 Å². The Bertz CT molecular complexity index is 206. The summed E-state index contributed by atoms with van der Waals surface area (Å²) in [4.78, 5) is 10.6. The maximum absolute atomic E-state index is 10.6. The molecule has 0 saturated heterocycles. The minimum absolute atomic E-state index is 0.527. The minimum atomic E-state index is -1.27. The molecule has 1 atom stereocenters. The Kier molecular flexibility index (Phi) is 8.86. The lowest BCUT2D eigenvalue weighted by atomic mass is 10.1. The predicted octanol–water partition coefficient (Wildman–Crippen LogP) is 4.18. The van der Waals surface area contributed by atoms with Crippen LogP contribution >= 0.6 is 0 Å². The summed E-state index contributed by atoms with van der Waals surface area (Å²) in [6.45, 7) is 6.39. The second kappa shape index (κ2) is 9.28. The zero-order chi connectivity index (χ0) is 13.1. The summed E-state index contributed by atoms with van der Waals surface area (Å²) in [6, 6.07) is 0. The van der Waals surface area contributed by atoms with Gasteiger partial charge in [-0.1, -0.05) is 39.5 Å². The van der Waals surface area contributed by atoms with Crippen molar-refractivity contribution in [3.8, 4) is 0 Å². The quantitative estimate of drug-likeness (QED) is 0.357. The Balaban J connectivity index is 3.95. The summed E-state index contributed by atoms with van der Waals surface area (Å²) in [5, 5.41) is 8.69. The molecule has 0 rings (SSSR count). The number of carboxylic acid groups (broad SMARTS) is 1. The largest absolute Gasteiger partial charge is 0.508 e. The van der Waals surface area contributed by atoms with Crippen LogP contribution < -0.4 is 0 Å². The highest BCUT2D eigenvalue weighted by atomic mass is 16.8. The first-order valence-corrected chi connectivity index (χ1v) is 6.60. The van der Waals surface area contributed by atoms with Crippen molar-refractivity contribution in [2.75, 3.05) is 6.61 Å². The van der Waals surface area contributed by atoms with Crippen LogP contribution in [-0.4, -0.2) is 23.7 Å². The van der Waals surface area contributed by atoms with E-state index in [1.54, 1.807) is 6.92 Å². The van der Waals surface area contributed by atoms with Gasteiger partial charge in [-0.05, 0) is 12.8 Å². The Labute approximate surface area is 104 Å². The lowest BCUT2D eigenvalue weighted by Gasteiger charge is -2.28. The van der Waals surface area contributed by atoms with E-state index >= 15 is 0 Å². The number of hydrogen-bond donors (Lipinski definition) is 1. The van der Waals surface area contributed by atoms with Gasteiger partial charge in [0.05, 0.1) is 6.61 Å². The summed E-state index contributed by atoms with van der Waals surface area (Å²) in [6.07, 6.45) is 5.87. The van der Waals surface area contributed by atoms with Crippen molar-refractivity contribution in [1.82, 2.24) is 0 Å². The fourth-order valence-corrected chi connectivity index (χ4v) is 1.70. The first-order chi connectivity index (χ1) is 8.04. The highest BCUT2D eigenvalue weighted by molar-refractivity contribution is 5.57. The monoisotopic (exact) mass is 246 g/mol. The smallest absolute Gasteiger partial charge is 0.450 e. The molecular formula is C13H26O4. The van der Waals surface area contributed by atoms with Crippen LogP contribution in [0.1, 0.15) is 65.7 Å². The summed E-state index contributed by atoms with van der Waals surface area (Å²) >= 11 is 0. The maximum Gasteiger partial charge on any atom is 0.508 e. The Morgan fingerprint density at radius 2 is 1.76 bits per heavy atom. The summed E-state index contributed by atoms with van der Waals surface area (Å²) in [5.74, 6) is -0.978. The average Bonchev–Trinajstić information content (AvgIpc) is 2.25. The van der Waals surface area contributed by atoms with Crippen molar-refractivity contribution in [2.45, 2.75) is 71.5 Å². The van der Waals surface area contributed by atoms with Gasteiger partial charge in [-0.2, -0.15) is 0 Å². The zero-order valence-electron chi connectivity index (χ0n) is 11.3. The van der Waals surface area contributed by atoms with E-state index in [1.165, 1.54) is 19.3 Å². The normalized spacial score (nSPS) is 14.3. The SMILES string of the molecule is CCCCCCCC(C)(OCCC)OC(=O)O. The van der Waals surface area contributed by atoms with Crippen molar-refractivity contribution in [2.24, 2.45) is 0 Å². The van der Waals surface area contributed by atoms with Crippen LogP contribution in [-0.2, 0) is 9.47 Å². The average molecular weight is 246 g/mol. The third-order valence-electron chi connectivity index (χ3n) is 2.65. The summed E-state index contributed by atoms with van der Waals surface area (Å²) in [7, 11) is 0. The third-order valence-corrected chi connectivity index (χ3v) is 2.65. The van der Waals surface area contributed by atoms with E-state index in [-0.39, 0.29) is 0 Å². The van der Waals surface area contributed by atoms with Crippen LogP contribution in [0.25, 0.3) is 0 Å². The van der Waals surface area contributed by atoms with E-state index < -0.39 is 11.9 Å². The second-order valence-corrected chi connectivity index (χ2v) is 4.51. The third kappa shape index (κ3) is 8.98. The molecule has 1 unspecified atom stereocenters. The van der Waals surface area contributed by atoms with Crippen molar-refractivity contribution in [3.63, 3.8) is 0 Å². The highest BCUT2D eigenvalue weighted by Crippen LogP contribution is 2.22. The van der Waals surface area contributed by atoms with Gasteiger partial charge in [-0.25, -0.2) is 4.79 Å². The van der Waals surface area contributed by atoms with Crippen LogP contribution in [0, 0.1) is 0 Å². The molecule has 0 aromatic heterocycles. The van der Waals surface area contributed by atoms with E-state index in [1.807, 2.05) is 6.92 Å². The molecule has 4 nitrogen and oxygen atoms in total. The van der Waals surface area contributed by atoms with Crippen LogP contribution in [0.3, 0.4) is 0 Å².